The number of phenols is 1. The molecule has 3 heteroatoms. The minimum atomic E-state index is -0.0786. The van der Waals surface area contributed by atoms with Crippen molar-refractivity contribution in [3.8, 4) is 11.5 Å². The Balaban J connectivity index is 2.58. The van der Waals surface area contributed by atoms with Crippen LogP contribution in [0.1, 0.15) is 0 Å². The Hall–Kier alpha value is -1.51. The van der Waals surface area contributed by atoms with Crippen LogP contribution in [-0.4, -0.2) is 18.0 Å². The van der Waals surface area contributed by atoms with E-state index < -0.39 is 0 Å². The molecule has 0 amide bonds. The van der Waals surface area contributed by atoms with E-state index in [-0.39, 0.29) is 12.4 Å². The number of ether oxygens (including phenoxy) is 1. The highest BCUT2D eigenvalue weighted by Gasteiger charge is 1.91. The van der Waals surface area contributed by atoms with Crippen LogP contribution >= 0.6 is 0 Å². The summed E-state index contributed by atoms with van der Waals surface area (Å²) >= 11 is 0. The Labute approximate surface area is 64.2 Å². The molecule has 1 N–H and O–H groups in total. The third kappa shape index (κ3) is 2.29. The predicted octanol–water partition coefficient (Wildman–Crippen LogP) is 0.881. The summed E-state index contributed by atoms with van der Waals surface area (Å²) in [6.45, 7) is -0.0786. The van der Waals surface area contributed by atoms with E-state index >= 15 is 0 Å². The fourth-order valence-corrected chi connectivity index (χ4v) is 0.655. The van der Waals surface area contributed by atoms with Crippen LogP contribution in [0.3, 0.4) is 0 Å². The van der Waals surface area contributed by atoms with Crippen molar-refractivity contribution in [2.24, 2.45) is 0 Å². The highest BCUT2D eigenvalue weighted by Crippen LogP contribution is 2.15. The van der Waals surface area contributed by atoms with Gasteiger partial charge in [-0.1, -0.05) is 0 Å². The molecule has 3 nitrogen and oxygen atoms in total. The highest BCUT2D eigenvalue weighted by molar-refractivity contribution is 5.52. The first-order valence-corrected chi connectivity index (χ1v) is 3.10. The summed E-state index contributed by atoms with van der Waals surface area (Å²) in [6.07, 6.45) is 1.60. The average Bonchev–Trinajstić information content (AvgIpc) is 2.04. The summed E-state index contributed by atoms with van der Waals surface area (Å²) in [4.78, 5) is 9.75. The van der Waals surface area contributed by atoms with Gasteiger partial charge in [0, 0.05) is 0 Å². The number of hydrogen-bond acceptors (Lipinski definition) is 3. The molecule has 0 unspecified atom stereocenters. The molecule has 1 aromatic rings. The predicted molar refractivity (Wildman–Crippen MR) is 39.3 cm³/mol. The Morgan fingerprint density at radius 3 is 2.55 bits per heavy atom. The molecular formula is C8H7O3. The molecule has 57 valence electrons. The molecule has 0 aliphatic carbocycles. The first kappa shape index (κ1) is 7.60. The van der Waals surface area contributed by atoms with E-state index in [1.807, 2.05) is 0 Å². The van der Waals surface area contributed by atoms with Gasteiger partial charge in [-0.05, 0) is 24.3 Å². The molecule has 0 heterocycles. The molecule has 0 aromatic heterocycles. The first-order chi connectivity index (χ1) is 5.33. The van der Waals surface area contributed by atoms with Gasteiger partial charge in [0.25, 0.3) is 0 Å². The van der Waals surface area contributed by atoms with Crippen molar-refractivity contribution in [3.63, 3.8) is 0 Å². The SMILES string of the molecule is O=[C]COc1ccc(O)cc1. The Kier molecular flexibility index (Phi) is 2.49. The lowest BCUT2D eigenvalue weighted by Crippen LogP contribution is -1.96. The van der Waals surface area contributed by atoms with Crippen LogP contribution in [0.2, 0.25) is 0 Å². The van der Waals surface area contributed by atoms with Crippen LogP contribution in [0.5, 0.6) is 11.5 Å². The molecule has 1 rings (SSSR count). The van der Waals surface area contributed by atoms with Crippen molar-refractivity contribution in [2.45, 2.75) is 0 Å². The minimum absolute atomic E-state index is 0.0786. The van der Waals surface area contributed by atoms with E-state index in [4.69, 9.17) is 9.84 Å². The molecule has 0 aliphatic heterocycles. The Morgan fingerprint density at radius 2 is 2.00 bits per heavy atom. The number of aromatic hydroxyl groups is 1. The van der Waals surface area contributed by atoms with Gasteiger partial charge in [-0.2, -0.15) is 0 Å². The van der Waals surface area contributed by atoms with Crippen molar-refractivity contribution in [2.75, 3.05) is 6.61 Å². The second-order valence-corrected chi connectivity index (χ2v) is 1.93. The van der Waals surface area contributed by atoms with Crippen LogP contribution in [-0.2, 0) is 4.79 Å². The van der Waals surface area contributed by atoms with Gasteiger partial charge in [0.15, 0.2) is 6.61 Å². The third-order valence-corrected chi connectivity index (χ3v) is 1.13. The molecule has 0 fully saturated rings. The van der Waals surface area contributed by atoms with Crippen molar-refractivity contribution in [1.29, 1.82) is 0 Å². The number of benzene rings is 1. The van der Waals surface area contributed by atoms with E-state index in [0.717, 1.165) is 0 Å². The molecule has 0 saturated carbocycles. The monoisotopic (exact) mass is 151 g/mol. The number of rotatable bonds is 3. The van der Waals surface area contributed by atoms with Gasteiger partial charge in [0.2, 0.25) is 6.29 Å². The van der Waals surface area contributed by atoms with Gasteiger partial charge in [-0.3, -0.25) is 4.79 Å². The molecule has 1 radical (unpaired) electrons. The summed E-state index contributed by atoms with van der Waals surface area (Å²) in [5.74, 6) is 0.721. The zero-order chi connectivity index (χ0) is 8.10. The van der Waals surface area contributed by atoms with Gasteiger partial charge in [-0.25, -0.2) is 0 Å². The van der Waals surface area contributed by atoms with Crippen molar-refractivity contribution in [3.05, 3.63) is 24.3 Å². The lowest BCUT2D eigenvalue weighted by molar-refractivity contribution is 0.364. The van der Waals surface area contributed by atoms with Crippen LogP contribution in [0.25, 0.3) is 0 Å². The van der Waals surface area contributed by atoms with Crippen LogP contribution in [0.4, 0.5) is 0 Å². The largest absolute Gasteiger partial charge is 0.508 e. The molecule has 11 heavy (non-hydrogen) atoms. The lowest BCUT2D eigenvalue weighted by Gasteiger charge is -1.99. The highest BCUT2D eigenvalue weighted by atomic mass is 16.5. The molecule has 0 aliphatic rings. The van der Waals surface area contributed by atoms with E-state index in [1.165, 1.54) is 12.1 Å². The van der Waals surface area contributed by atoms with E-state index in [0.29, 0.717) is 5.75 Å². The second kappa shape index (κ2) is 3.61. The Morgan fingerprint density at radius 1 is 1.36 bits per heavy atom. The fraction of sp³-hybridized carbons (Fsp3) is 0.125. The Bertz CT molecular complexity index is 228. The van der Waals surface area contributed by atoms with E-state index in [9.17, 15) is 4.79 Å². The third-order valence-electron chi connectivity index (χ3n) is 1.13. The minimum Gasteiger partial charge on any atom is -0.508 e. The molecule has 1 aromatic carbocycles. The normalized spacial score (nSPS) is 9.09. The van der Waals surface area contributed by atoms with Gasteiger partial charge in [-0.15, -0.1) is 0 Å². The second-order valence-electron chi connectivity index (χ2n) is 1.93. The molecular weight excluding hydrogens is 144 g/mol. The average molecular weight is 151 g/mol. The molecule has 0 atom stereocenters. The number of hydrogen-bond donors (Lipinski definition) is 1. The molecule has 0 bridgehead atoms. The van der Waals surface area contributed by atoms with E-state index in [1.54, 1.807) is 18.4 Å². The van der Waals surface area contributed by atoms with Gasteiger partial charge >= 0.3 is 0 Å². The van der Waals surface area contributed by atoms with E-state index in [2.05, 4.69) is 0 Å². The maximum atomic E-state index is 9.75. The summed E-state index contributed by atoms with van der Waals surface area (Å²) in [5.41, 5.74) is 0. The summed E-state index contributed by atoms with van der Waals surface area (Å²) < 4.78 is 4.88. The first-order valence-electron chi connectivity index (χ1n) is 3.10. The van der Waals surface area contributed by atoms with Crippen molar-refractivity contribution < 1.29 is 14.6 Å². The number of carbonyl (C=O) groups excluding carboxylic acids is 1. The number of phenolic OH excluding ortho intramolecular Hbond substituents is 1. The zero-order valence-electron chi connectivity index (χ0n) is 5.78. The maximum Gasteiger partial charge on any atom is 0.239 e. The summed E-state index contributed by atoms with van der Waals surface area (Å²) in [7, 11) is 0. The van der Waals surface area contributed by atoms with Crippen LogP contribution < -0.4 is 4.74 Å². The van der Waals surface area contributed by atoms with Gasteiger partial charge in [0.05, 0.1) is 0 Å². The van der Waals surface area contributed by atoms with Crippen molar-refractivity contribution >= 4 is 6.29 Å². The fourth-order valence-electron chi connectivity index (χ4n) is 0.655. The molecule has 0 saturated heterocycles. The maximum absolute atomic E-state index is 9.75. The van der Waals surface area contributed by atoms with Gasteiger partial charge < -0.3 is 9.84 Å². The smallest absolute Gasteiger partial charge is 0.239 e. The van der Waals surface area contributed by atoms with Gasteiger partial charge in [0.1, 0.15) is 11.5 Å². The standard InChI is InChI=1S/C8H7O3/c9-5-6-11-8-3-1-7(10)2-4-8/h1-4,10H,6H2. The summed E-state index contributed by atoms with van der Waals surface area (Å²) in [5, 5.41) is 8.85. The topological polar surface area (TPSA) is 46.5 Å². The van der Waals surface area contributed by atoms with Crippen LogP contribution in [0, 0.1) is 0 Å². The molecule has 0 spiro atoms. The van der Waals surface area contributed by atoms with Crippen molar-refractivity contribution in [1.82, 2.24) is 0 Å². The van der Waals surface area contributed by atoms with Crippen LogP contribution in [0.15, 0.2) is 24.3 Å². The summed E-state index contributed by atoms with van der Waals surface area (Å²) in [6, 6.07) is 6.12. The zero-order valence-corrected chi connectivity index (χ0v) is 5.78. The quantitative estimate of drug-likeness (QED) is 0.697. The lowest BCUT2D eigenvalue weighted by atomic mass is 10.3.